The van der Waals surface area contributed by atoms with Gasteiger partial charge in [0.25, 0.3) is 0 Å². The largest absolute Gasteiger partial charge is 0.311 e. The molecule has 0 aliphatic rings. The van der Waals surface area contributed by atoms with Crippen LogP contribution in [0.25, 0.3) is 33.4 Å². The topological polar surface area (TPSA) is 3.24 Å². The zero-order valence-corrected chi connectivity index (χ0v) is 23.8. The maximum atomic E-state index is 2.34. The summed E-state index contributed by atoms with van der Waals surface area (Å²) in [4.78, 5) is 2.34. The second-order valence-electron chi connectivity index (χ2n) is 10.4. The van der Waals surface area contributed by atoms with Gasteiger partial charge in [0.05, 0.1) is 0 Å². The molecule has 6 aromatic carbocycles. The Hall–Kier alpha value is -4.88. The van der Waals surface area contributed by atoms with Crippen molar-refractivity contribution in [3.8, 4) is 33.4 Å². The maximum Gasteiger partial charge on any atom is 0.0462 e. The molecule has 0 saturated heterocycles. The Bertz CT molecular complexity index is 1590. The van der Waals surface area contributed by atoms with Gasteiger partial charge < -0.3 is 4.90 Å². The minimum Gasteiger partial charge on any atom is -0.311 e. The van der Waals surface area contributed by atoms with Crippen molar-refractivity contribution in [3.63, 3.8) is 0 Å². The van der Waals surface area contributed by atoms with Crippen molar-refractivity contribution in [1.29, 1.82) is 0 Å². The van der Waals surface area contributed by atoms with E-state index in [0.717, 1.165) is 29.9 Å². The maximum absolute atomic E-state index is 2.34. The molecule has 1 heteroatoms. The van der Waals surface area contributed by atoms with Crippen LogP contribution in [-0.4, -0.2) is 0 Å². The molecule has 41 heavy (non-hydrogen) atoms. The van der Waals surface area contributed by atoms with Crippen LogP contribution in [-0.2, 0) is 12.8 Å². The van der Waals surface area contributed by atoms with Crippen molar-refractivity contribution in [2.24, 2.45) is 0 Å². The van der Waals surface area contributed by atoms with Gasteiger partial charge in [0, 0.05) is 17.1 Å². The first-order valence-electron chi connectivity index (χ1n) is 14.6. The van der Waals surface area contributed by atoms with Gasteiger partial charge >= 0.3 is 0 Å². The van der Waals surface area contributed by atoms with Gasteiger partial charge in [0.15, 0.2) is 0 Å². The van der Waals surface area contributed by atoms with E-state index in [1.807, 2.05) is 0 Å². The van der Waals surface area contributed by atoms with Gasteiger partial charge in [0.1, 0.15) is 0 Å². The number of benzene rings is 6. The Labute approximate surface area is 244 Å². The fourth-order valence-corrected chi connectivity index (χ4v) is 5.35. The lowest BCUT2D eigenvalue weighted by molar-refractivity contribution is 1.14. The average Bonchev–Trinajstić information content (AvgIpc) is 3.06. The molecule has 0 amide bonds. The summed E-state index contributed by atoms with van der Waals surface area (Å²) >= 11 is 0. The Morgan fingerprint density at radius 1 is 0.317 bits per heavy atom. The van der Waals surface area contributed by atoms with Gasteiger partial charge in [-0.1, -0.05) is 129 Å². The van der Waals surface area contributed by atoms with Crippen LogP contribution in [0.2, 0.25) is 0 Å². The Morgan fingerprint density at radius 2 is 0.585 bits per heavy atom. The monoisotopic (exact) mass is 529 g/mol. The van der Waals surface area contributed by atoms with E-state index in [1.54, 1.807) is 0 Å². The molecule has 0 saturated carbocycles. The molecular formula is C40H35N. The van der Waals surface area contributed by atoms with E-state index in [0.29, 0.717) is 0 Å². The highest BCUT2D eigenvalue weighted by Crippen LogP contribution is 2.37. The Balaban J connectivity index is 1.35. The number of anilines is 3. The summed E-state index contributed by atoms with van der Waals surface area (Å²) in [6.45, 7) is 4.39. The number of nitrogens with zero attached hydrogens (tertiary/aromatic N) is 1. The highest BCUT2D eigenvalue weighted by atomic mass is 15.1. The minimum atomic E-state index is 1.06. The highest BCUT2D eigenvalue weighted by molar-refractivity contribution is 5.81. The van der Waals surface area contributed by atoms with Crippen molar-refractivity contribution < 1.29 is 0 Å². The normalized spacial score (nSPS) is 10.9. The standard InChI is InChI=1S/C40H35N/c1-3-30-10-14-33(15-11-30)36-20-26-39(27-21-36)41(38-24-18-35(19-25-38)32-8-6-5-7-9-32)40-28-22-37(23-29-40)34-16-12-31(4-2)13-17-34/h5-29H,3-4H2,1-2H3. The third-order valence-electron chi connectivity index (χ3n) is 7.87. The van der Waals surface area contributed by atoms with Crippen LogP contribution in [0.5, 0.6) is 0 Å². The van der Waals surface area contributed by atoms with Crippen LogP contribution in [0.3, 0.4) is 0 Å². The van der Waals surface area contributed by atoms with Crippen molar-refractivity contribution in [2.45, 2.75) is 26.7 Å². The first-order chi connectivity index (χ1) is 20.2. The van der Waals surface area contributed by atoms with E-state index in [1.165, 1.54) is 44.5 Å². The molecule has 0 aromatic heterocycles. The van der Waals surface area contributed by atoms with Gasteiger partial charge in [-0.05, 0) is 93.7 Å². The molecule has 0 bridgehead atoms. The smallest absolute Gasteiger partial charge is 0.0462 e. The second-order valence-corrected chi connectivity index (χ2v) is 10.4. The molecule has 0 radical (unpaired) electrons. The molecule has 6 aromatic rings. The van der Waals surface area contributed by atoms with Gasteiger partial charge in [-0.3, -0.25) is 0 Å². The molecule has 6 rings (SSSR count). The fraction of sp³-hybridized carbons (Fsp3) is 0.100. The van der Waals surface area contributed by atoms with E-state index in [9.17, 15) is 0 Å². The fourth-order valence-electron chi connectivity index (χ4n) is 5.35. The summed E-state index contributed by atoms with van der Waals surface area (Å²) in [5, 5.41) is 0. The summed E-state index contributed by atoms with van der Waals surface area (Å²) < 4.78 is 0. The molecule has 0 fully saturated rings. The summed E-state index contributed by atoms with van der Waals surface area (Å²) in [6, 6.07) is 55.0. The van der Waals surface area contributed by atoms with E-state index in [-0.39, 0.29) is 0 Å². The summed E-state index contributed by atoms with van der Waals surface area (Å²) in [7, 11) is 0. The zero-order chi connectivity index (χ0) is 28.0. The molecule has 200 valence electrons. The van der Waals surface area contributed by atoms with Crippen LogP contribution < -0.4 is 4.90 Å². The summed E-state index contributed by atoms with van der Waals surface area (Å²) in [5.41, 5.74) is 13.5. The van der Waals surface area contributed by atoms with Crippen LogP contribution in [0.15, 0.2) is 152 Å². The highest BCUT2D eigenvalue weighted by Gasteiger charge is 2.14. The van der Waals surface area contributed by atoms with Gasteiger partial charge in [-0.2, -0.15) is 0 Å². The first kappa shape index (κ1) is 26.3. The molecule has 0 unspecified atom stereocenters. The van der Waals surface area contributed by atoms with Crippen LogP contribution in [0.1, 0.15) is 25.0 Å². The van der Waals surface area contributed by atoms with E-state index in [2.05, 4.69) is 170 Å². The first-order valence-corrected chi connectivity index (χ1v) is 14.6. The van der Waals surface area contributed by atoms with E-state index < -0.39 is 0 Å². The van der Waals surface area contributed by atoms with E-state index >= 15 is 0 Å². The number of hydrogen-bond acceptors (Lipinski definition) is 1. The average molecular weight is 530 g/mol. The molecule has 0 spiro atoms. The molecule has 0 atom stereocenters. The third-order valence-corrected chi connectivity index (χ3v) is 7.87. The van der Waals surface area contributed by atoms with Crippen LogP contribution in [0.4, 0.5) is 17.1 Å². The van der Waals surface area contributed by atoms with Crippen molar-refractivity contribution in [3.05, 3.63) is 163 Å². The second kappa shape index (κ2) is 12.1. The molecule has 1 nitrogen and oxygen atoms in total. The van der Waals surface area contributed by atoms with Gasteiger partial charge in [-0.15, -0.1) is 0 Å². The minimum absolute atomic E-state index is 1.06. The van der Waals surface area contributed by atoms with Crippen LogP contribution >= 0.6 is 0 Å². The third kappa shape index (κ3) is 5.85. The number of rotatable bonds is 8. The molecule has 0 N–H and O–H groups in total. The molecule has 0 heterocycles. The lowest BCUT2D eigenvalue weighted by Gasteiger charge is -2.26. The van der Waals surface area contributed by atoms with Crippen molar-refractivity contribution in [1.82, 2.24) is 0 Å². The van der Waals surface area contributed by atoms with Gasteiger partial charge in [0.2, 0.25) is 0 Å². The predicted molar refractivity (Wildman–Crippen MR) is 176 cm³/mol. The number of hydrogen-bond donors (Lipinski definition) is 0. The number of aryl methyl sites for hydroxylation is 2. The predicted octanol–water partition coefficient (Wildman–Crippen LogP) is 11.3. The van der Waals surface area contributed by atoms with Crippen molar-refractivity contribution in [2.75, 3.05) is 4.90 Å². The van der Waals surface area contributed by atoms with E-state index in [4.69, 9.17) is 0 Å². The molecular weight excluding hydrogens is 494 g/mol. The molecule has 0 aliphatic carbocycles. The lowest BCUT2D eigenvalue weighted by Crippen LogP contribution is -2.09. The van der Waals surface area contributed by atoms with Crippen LogP contribution in [0, 0.1) is 0 Å². The summed E-state index contributed by atoms with van der Waals surface area (Å²) in [6.07, 6.45) is 2.11. The van der Waals surface area contributed by atoms with Crippen molar-refractivity contribution >= 4 is 17.1 Å². The lowest BCUT2D eigenvalue weighted by atomic mass is 10.0. The zero-order valence-electron chi connectivity index (χ0n) is 23.8. The summed E-state index contributed by atoms with van der Waals surface area (Å²) in [5.74, 6) is 0. The van der Waals surface area contributed by atoms with Gasteiger partial charge in [-0.25, -0.2) is 0 Å². The Morgan fingerprint density at radius 3 is 0.878 bits per heavy atom. The quantitative estimate of drug-likeness (QED) is 0.189. The Kier molecular flexibility index (Phi) is 7.78. The SMILES string of the molecule is CCc1ccc(-c2ccc(N(c3ccc(-c4ccccc4)cc3)c3ccc(-c4ccc(CC)cc4)cc3)cc2)cc1. The molecule has 0 aliphatic heterocycles.